The molecule has 1 atom stereocenters. The number of sulfonamides is 1. The number of carbonyl (C=O) groups is 2. The molecule has 1 aromatic rings. The Morgan fingerprint density at radius 2 is 1.86 bits per heavy atom. The van der Waals surface area contributed by atoms with E-state index in [0.717, 1.165) is 24.1 Å². The molecule has 4 rings (SSSR count). The maximum atomic E-state index is 13.3. The van der Waals surface area contributed by atoms with E-state index in [1.165, 1.54) is 9.21 Å². The second kappa shape index (κ2) is 10.7. The van der Waals surface area contributed by atoms with E-state index >= 15 is 0 Å². The van der Waals surface area contributed by atoms with Crippen LogP contribution < -0.4 is 5.48 Å². The lowest BCUT2D eigenvalue weighted by Gasteiger charge is -2.40. The first-order valence-electron chi connectivity index (χ1n) is 12.0. The maximum Gasteiger partial charge on any atom is 0.410 e. The van der Waals surface area contributed by atoms with Crippen molar-refractivity contribution in [2.75, 3.05) is 52.1 Å². The average molecular weight is 507 g/mol. The number of hydroxylamine groups is 1. The van der Waals surface area contributed by atoms with Crippen molar-refractivity contribution in [3.8, 4) is 0 Å². The summed E-state index contributed by atoms with van der Waals surface area (Å²) in [6.45, 7) is 2.48. The highest BCUT2D eigenvalue weighted by molar-refractivity contribution is 7.89. The Labute approximate surface area is 206 Å². The number of nitrogens with zero attached hydrogens (tertiary/aromatic N) is 3. The fourth-order valence-electron chi connectivity index (χ4n) is 5.14. The number of benzene rings is 1. The van der Waals surface area contributed by atoms with Gasteiger partial charge in [0, 0.05) is 39.3 Å². The van der Waals surface area contributed by atoms with E-state index in [9.17, 15) is 23.2 Å². The first-order chi connectivity index (χ1) is 16.7. The molecule has 0 saturated carbocycles. The lowest BCUT2D eigenvalue weighted by atomic mass is 9.79. The normalized spacial score (nSPS) is 23.5. The van der Waals surface area contributed by atoms with E-state index in [0.29, 0.717) is 19.5 Å². The van der Waals surface area contributed by atoms with Gasteiger partial charge in [-0.1, -0.05) is 36.4 Å². The molecule has 2 N–H and O–H groups in total. The average Bonchev–Trinajstić information content (AvgIpc) is 3.28. The Kier molecular flexibility index (Phi) is 7.80. The Hall–Kier alpha value is -2.47. The Bertz CT molecular complexity index is 1050. The minimum Gasteiger partial charge on any atom is -0.445 e. The lowest BCUT2D eigenvalue weighted by molar-refractivity contribution is -0.141. The summed E-state index contributed by atoms with van der Waals surface area (Å²) in [4.78, 5) is 28.9. The first-order valence-corrected chi connectivity index (χ1v) is 13.6. The monoisotopic (exact) mass is 506 g/mol. The van der Waals surface area contributed by atoms with Gasteiger partial charge in [0.2, 0.25) is 10.0 Å². The topological polar surface area (TPSA) is 119 Å². The van der Waals surface area contributed by atoms with Crippen molar-refractivity contribution in [3.63, 3.8) is 0 Å². The minimum atomic E-state index is -3.79. The third kappa shape index (κ3) is 5.85. The van der Waals surface area contributed by atoms with E-state index < -0.39 is 33.2 Å². The number of rotatable bonds is 6. The highest BCUT2D eigenvalue weighted by Gasteiger charge is 2.47. The number of carbonyl (C=O) groups excluding carboxylic acids is 2. The van der Waals surface area contributed by atoms with Crippen LogP contribution in [-0.4, -0.2) is 97.9 Å². The van der Waals surface area contributed by atoms with Crippen molar-refractivity contribution in [2.45, 2.75) is 31.8 Å². The van der Waals surface area contributed by atoms with Crippen molar-refractivity contribution in [1.82, 2.24) is 19.6 Å². The molecule has 3 heterocycles. The molecular formula is C24H34N4O6S. The SMILES string of the molecule is CN1CCC(OC(=O)N2CCC(CS(=O)(=O)N3CC=C(c4ccccc4)CC3)(C(=O)NO)CC2)C1. The minimum absolute atomic E-state index is 0.122. The zero-order valence-electron chi connectivity index (χ0n) is 20.1. The largest absolute Gasteiger partial charge is 0.445 e. The van der Waals surface area contributed by atoms with Gasteiger partial charge >= 0.3 is 6.09 Å². The molecule has 10 nitrogen and oxygen atoms in total. The van der Waals surface area contributed by atoms with Crippen LogP contribution in [0.3, 0.4) is 0 Å². The molecule has 0 radical (unpaired) electrons. The molecule has 0 aromatic heterocycles. The molecule has 35 heavy (non-hydrogen) atoms. The third-order valence-electron chi connectivity index (χ3n) is 7.35. The fourth-order valence-corrected chi connectivity index (χ4v) is 7.11. The standard InChI is InChI=1S/C24H34N4O6S/c1-26-12-9-21(17-26)34-23(30)27-15-10-24(11-16-27,22(29)25-31)18-35(32,33)28-13-7-20(8-14-28)19-5-3-2-4-6-19/h2-7,21,31H,8-18H2,1H3,(H,25,29). The molecule has 1 unspecified atom stereocenters. The number of ether oxygens (including phenoxy) is 1. The van der Waals surface area contributed by atoms with Gasteiger partial charge in [-0.25, -0.2) is 18.7 Å². The summed E-state index contributed by atoms with van der Waals surface area (Å²) in [6.07, 6.45) is 2.91. The fraction of sp³-hybridized carbons (Fsp3) is 0.583. The third-order valence-corrected chi connectivity index (χ3v) is 9.38. The van der Waals surface area contributed by atoms with Gasteiger partial charge in [-0.05, 0) is 43.9 Å². The predicted molar refractivity (Wildman–Crippen MR) is 130 cm³/mol. The van der Waals surface area contributed by atoms with Gasteiger partial charge in [0.1, 0.15) is 6.10 Å². The second-order valence-corrected chi connectivity index (χ2v) is 11.7. The zero-order valence-corrected chi connectivity index (χ0v) is 20.9. The van der Waals surface area contributed by atoms with E-state index in [-0.39, 0.29) is 38.6 Å². The number of piperidine rings is 1. The van der Waals surface area contributed by atoms with Gasteiger partial charge in [-0.3, -0.25) is 10.0 Å². The predicted octanol–water partition coefficient (Wildman–Crippen LogP) is 1.53. The van der Waals surface area contributed by atoms with E-state index in [1.54, 1.807) is 5.48 Å². The van der Waals surface area contributed by atoms with Gasteiger partial charge in [-0.15, -0.1) is 0 Å². The molecule has 3 aliphatic heterocycles. The molecule has 2 saturated heterocycles. The van der Waals surface area contributed by atoms with Gasteiger partial charge < -0.3 is 14.5 Å². The van der Waals surface area contributed by atoms with Crippen LogP contribution in [0.15, 0.2) is 36.4 Å². The van der Waals surface area contributed by atoms with Crippen molar-refractivity contribution >= 4 is 27.6 Å². The first kappa shape index (κ1) is 25.6. The van der Waals surface area contributed by atoms with Crippen LogP contribution in [0.4, 0.5) is 4.79 Å². The van der Waals surface area contributed by atoms with Crippen LogP contribution in [0.25, 0.3) is 5.57 Å². The van der Waals surface area contributed by atoms with Crippen LogP contribution >= 0.6 is 0 Å². The summed E-state index contributed by atoms with van der Waals surface area (Å²) < 4.78 is 33.6. The van der Waals surface area contributed by atoms with Crippen LogP contribution in [0.5, 0.6) is 0 Å². The quantitative estimate of drug-likeness (QED) is 0.444. The molecule has 1 aromatic carbocycles. The molecule has 192 valence electrons. The van der Waals surface area contributed by atoms with Crippen molar-refractivity contribution in [1.29, 1.82) is 0 Å². The van der Waals surface area contributed by atoms with Crippen LogP contribution in [-0.2, 0) is 19.6 Å². The van der Waals surface area contributed by atoms with Gasteiger partial charge in [0.15, 0.2) is 0 Å². The van der Waals surface area contributed by atoms with Crippen molar-refractivity contribution < 1.29 is 28.0 Å². The molecule has 0 aliphatic carbocycles. The van der Waals surface area contributed by atoms with E-state index in [4.69, 9.17) is 4.74 Å². The summed E-state index contributed by atoms with van der Waals surface area (Å²) in [5, 5.41) is 9.38. The van der Waals surface area contributed by atoms with Gasteiger partial charge in [0.25, 0.3) is 5.91 Å². The summed E-state index contributed by atoms with van der Waals surface area (Å²) in [5.41, 5.74) is 2.52. The van der Waals surface area contributed by atoms with Crippen LogP contribution in [0.2, 0.25) is 0 Å². The number of likely N-dealkylation sites (tertiary alicyclic amines) is 2. The number of hydrogen-bond donors (Lipinski definition) is 2. The van der Waals surface area contributed by atoms with Crippen LogP contribution in [0, 0.1) is 5.41 Å². The highest BCUT2D eigenvalue weighted by atomic mass is 32.2. The summed E-state index contributed by atoms with van der Waals surface area (Å²) >= 11 is 0. The van der Waals surface area contributed by atoms with Crippen molar-refractivity contribution in [2.24, 2.45) is 5.41 Å². The second-order valence-electron chi connectivity index (χ2n) is 9.72. The zero-order chi connectivity index (χ0) is 25.1. The van der Waals surface area contributed by atoms with Gasteiger partial charge in [0.05, 0.1) is 11.2 Å². The van der Waals surface area contributed by atoms with E-state index in [1.807, 2.05) is 43.5 Å². The molecular weight excluding hydrogens is 472 g/mol. The number of amides is 2. The lowest BCUT2D eigenvalue weighted by Crippen LogP contribution is -2.54. The molecule has 0 spiro atoms. The number of nitrogens with one attached hydrogen (secondary N) is 1. The summed E-state index contributed by atoms with van der Waals surface area (Å²) in [5.74, 6) is -1.15. The smallest absolute Gasteiger partial charge is 0.410 e. The Morgan fingerprint density at radius 1 is 1.14 bits per heavy atom. The summed E-state index contributed by atoms with van der Waals surface area (Å²) in [6, 6.07) is 9.84. The Morgan fingerprint density at radius 3 is 2.43 bits per heavy atom. The maximum absolute atomic E-state index is 13.3. The van der Waals surface area contributed by atoms with Crippen LogP contribution in [0.1, 0.15) is 31.2 Å². The number of likely N-dealkylation sites (N-methyl/N-ethyl adjacent to an activating group) is 1. The van der Waals surface area contributed by atoms with E-state index in [2.05, 4.69) is 4.90 Å². The molecule has 3 aliphatic rings. The molecule has 2 fully saturated rings. The number of hydrogen-bond acceptors (Lipinski definition) is 7. The molecule has 11 heteroatoms. The van der Waals surface area contributed by atoms with Gasteiger partial charge in [-0.2, -0.15) is 4.31 Å². The summed E-state index contributed by atoms with van der Waals surface area (Å²) in [7, 11) is -1.82. The highest BCUT2D eigenvalue weighted by Crippen LogP contribution is 2.35. The van der Waals surface area contributed by atoms with Crippen molar-refractivity contribution in [3.05, 3.63) is 42.0 Å². The molecule has 2 amide bonds. The molecule has 0 bridgehead atoms. The Balaban J connectivity index is 1.39.